The van der Waals surface area contributed by atoms with Crippen molar-refractivity contribution < 1.29 is 18.0 Å². The summed E-state index contributed by atoms with van der Waals surface area (Å²) in [5.74, 6) is -3.07. The lowest BCUT2D eigenvalue weighted by Gasteiger charge is -2.24. The van der Waals surface area contributed by atoms with Crippen LogP contribution in [-0.2, 0) is 4.79 Å². The third-order valence-electron chi connectivity index (χ3n) is 4.23. The van der Waals surface area contributed by atoms with Crippen LogP contribution in [0.2, 0.25) is 0 Å². The van der Waals surface area contributed by atoms with Crippen LogP contribution in [0.3, 0.4) is 0 Å². The van der Waals surface area contributed by atoms with E-state index in [1.54, 1.807) is 6.07 Å². The Bertz CT molecular complexity index is 963. The van der Waals surface area contributed by atoms with Crippen LogP contribution in [0.4, 0.5) is 19.0 Å². The SMILES string of the molecule is O=C1C[C@H](c2c(F)cccc2F)c2ncn(-c3ccccc3F)c2N1. The van der Waals surface area contributed by atoms with Crippen LogP contribution in [0.25, 0.3) is 5.69 Å². The molecule has 4 nitrogen and oxygen atoms in total. The summed E-state index contributed by atoms with van der Waals surface area (Å²) in [5, 5.41) is 2.62. The fourth-order valence-corrected chi connectivity index (χ4v) is 3.12. The van der Waals surface area contributed by atoms with E-state index in [9.17, 15) is 18.0 Å². The number of nitrogens with one attached hydrogen (secondary N) is 1. The third-order valence-corrected chi connectivity index (χ3v) is 4.23. The molecule has 2 heterocycles. The second-order valence-corrected chi connectivity index (χ2v) is 5.74. The fraction of sp³-hybridized carbons (Fsp3) is 0.111. The molecule has 126 valence electrons. The zero-order valence-corrected chi connectivity index (χ0v) is 12.8. The molecule has 1 aliphatic rings. The van der Waals surface area contributed by atoms with Gasteiger partial charge in [-0.25, -0.2) is 18.2 Å². The van der Waals surface area contributed by atoms with Gasteiger partial charge < -0.3 is 5.32 Å². The van der Waals surface area contributed by atoms with Crippen molar-refractivity contribution in [3.8, 4) is 5.69 Å². The highest BCUT2D eigenvalue weighted by Crippen LogP contribution is 2.39. The lowest BCUT2D eigenvalue weighted by Crippen LogP contribution is -2.26. The summed E-state index contributed by atoms with van der Waals surface area (Å²) < 4.78 is 43.8. The maximum atomic E-state index is 14.2. The Morgan fingerprint density at radius 1 is 1.00 bits per heavy atom. The quantitative estimate of drug-likeness (QED) is 0.770. The van der Waals surface area contributed by atoms with Gasteiger partial charge in [0.05, 0.1) is 11.4 Å². The number of fused-ring (bicyclic) bond motifs is 1. The molecule has 1 aromatic heterocycles. The first-order valence-electron chi connectivity index (χ1n) is 7.62. The van der Waals surface area contributed by atoms with E-state index in [4.69, 9.17) is 0 Å². The maximum Gasteiger partial charge on any atom is 0.226 e. The Morgan fingerprint density at radius 2 is 1.68 bits per heavy atom. The molecule has 1 atom stereocenters. The normalized spacial score (nSPS) is 16.4. The molecule has 0 spiro atoms. The fourth-order valence-electron chi connectivity index (χ4n) is 3.12. The summed E-state index contributed by atoms with van der Waals surface area (Å²) in [6.07, 6.45) is 1.19. The van der Waals surface area contributed by atoms with Crippen LogP contribution < -0.4 is 5.32 Å². The van der Waals surface area contributed by atoms with Gasteiger partial charge in [0.2, 0.25) is 5.91 Å². The molecule has 0 aliphatic carbocycles. The molecule has 0 saturated heterocycles. The van der Waals surface area contributed by atoms with E-state index in [2.05, 4.69) is 10.3 Å². The number of nitrogens with zero attached hydrogens (tertiary/aromatic N) is 2. The van der Waals surface area contributed by atoms with Crippen molar-refractivity contribution in [2.45, 2.75) is 12.3 Å². The first-order chi connectivity index (χ1) is 12.1. The number of hydrogen-bond acceptors (Lipinski definition) is 2. The number of hydrogen-bond donors (Lipinski definition) is 1. The van der Waals surface area contributed by atoms with Gasteiger partial charge in [-0.15, -0.1) is 0 Å². The van der Waals surface area contributed by atoms with Crippen molar-refractivity contribution in [3.05, 3.63) is 77.5 Å². The summed E-state index contributed by atoms with van der Waals surface area (Å²) in [5.41, 5.74) is 0.274. The first-order valence-corrected chi connectivity index (χ1v) is 7.62. The molecule has 1 aliphatic heterocycles. The van der Waals surface area contributed by atoms with Crippen LogP contribution in [0.15, 0.2) is 48.8 Å². The van der Waals surface area contributed by atoms with Gasteiger partial charge in [0, 0.05) is 17.9 Å². The number of amides is 1. The van der Waals surface area contributed by atoms with Gasteiger partial charge in [-0.1, -0.05) is 18.2 Å². The average molecular weight is 343 g/mol. The largest absolute Gasteiger partial charge is 0.310 e. The van der Waals surface area contributed by atoms with Crippen LogP contribution in [0.1, 0.15) is 23.6 Å². The number of rotatable bonds is 2. The summed E-state index contributed by atoms with van der Waals surface area (Å²) >= 11 is 0. The zero-order valence-electron chi connectivity index (χ0n) is 12.8. The molecule has 25 heavy (non-hydrogen) atoms. The van der Waals surface area contributed by atoms with Crippen LogP contribution in [0.5, 0.6) is 0 Å². The van der Waals surface area contributed by atoms with E-state index in [1.807, 2.05) is 0 Å². The zero-order chi connectivity index (χ0) is 17.6. The number of para-hydroxylation sites is 1. The van der Waals surface area contributed by atoms with Gasteiger partial charge in [0.15, 0.2) is 0 Å². The molecule has 0 bridgehead atoms. The lowest BCUT2D eigenvalue weighted by atomic mass is 9.89. The monoisotopic (exact) mass is 343 g/mol. The summed E-state index contributed by atoms with van der Waals surface area (Å²) in [6.45, 7) is 0. The van der Waals surface area contributed by atoms with Crippen molar-refractivity contribution in [1.82, 2.24) is 9.55 Å². The topological polar surface area (TPSA) is 46.9 Å². The number of benzene rings is 2. The highest BCUT2D eigenvalue weighted by atomic mass is 19.1. The Hall–Kier alpha value is -3.09. The van der Waals surface area contributed by atoms with E-state index in [0.29, 0.717) is 5.69 Å². The molecule has 0 saturated carbocycles. The molecule has 2 aromatic carbocycles. The van der Waals surface area contributed by atoms with E-state index in [0.717, 1.165) is 12.1 Å². The maximum absolute atomic E-state index is 14.2. The third kappa shape index (κ3) is 2.48. The minimum Gasteiger partial charge on any atom is -0.310 e. The van der Waals surface area contributed by atoms with Gasteiger partial charge in [-0.2, -0.15) is 0 Å². The Morgan fingerprint density at radius 3 is 2.40 bits per heavy atom. The van der Waals surface area contributed by atoms with Crippen LogP contribution >= 0.6 is 0 Å². The molecule has 1 amide bonds. The summed E-state index contributed by atoms with van der Waals surface area (Å²) in [6, 6.07) is 9.52. The number of imidazole rings is 1. The highest BCUT2D eigenvalue weighted by Gasteiger charge is 2.34. The van der Waals surface area contributed by atoms with Gasteiger partial charge in [-0.05, 0) is 24.3 Å². The molecule has 7 heteroatoms. The lowest BCUT2D eigenvalue weighted by molar-refractivity contribution is -0.116. The second-order valence-electron chi connectivity index (χ2n) is 5.74. The van der Waals surface area contributed by atoms with E-state index < -0.39 is 29.3 Å². The first kappa shape index (κ1) is 15.4. The number of carbonyl (C=O) groups excluding carboxylic acids is 1. The molecular formula is C18H12F3N3O. The molecule has 4 rings (SSSR count). The molecule has 0 unspecified atom stereocenters. The number of halogens is 3. The van der Waals surface area contributed by atoms with Crippen LogP contribution in [0, 0.1) is 17.5 Å². The van der Waals surface area contributed by atoms with Gasteiger partial charge in [0.1, 0.15) is 29.6 Å². The predicted octanol–water partition coefficient (Wildman–Crippen LogP) is 3.76. The van der Waals surface area contributed by atoms with Gasteiger partial charge >= 0.3 is 0 Å². The minimum absolute atomic E-state index is 0.140. The van der Waals surface area contributed by atoms with Crippen molar-refractivity contribution in [3.63, 3.8) is 0 Å². The molecule has 0 fully saturated rings. The van der Waals surface area contributed by atoms with Crippen molar-refractivity contribution >= 4 is 11.7 Å². The average Bonchev–Trinajstić information content (AvgIpc) is 2.98. The Labute approximate surface area is 140 Å². The summed E-state index contributed by atoms with van der Waals surface area (Å²) in [4.78, 5) is 16.3. The Balaban J connectivity index is 1.89. The minimum atomic E-state index is -0.877. The van der Waals surface area contributed by atoms with Crippen molar-refractivity contribution in [2.24, 2.45) is 0 Å². The summed E-state index contributed by atoms with van der Waals surface area (Å²) in [7, 11) is 0. The number of aromatic nitrogens is 2. The second kappa shape index (κ2) is 5.77. The van der Waals surface area contributed by atoms with E-state index >= 15 is 0 Å². The van der Waals surface area contributed by atoms with E-state index in [-0.39, 0.29) is 23.5 Å². The highest BCUT2D eigenvalue weighted by molar-refractivity contribution is 5.94. The van der Waals surface area contributed by atoms with E-state index in [1.165, 1.54) is 35.2 Å². The van der Waals surface area contributed by atoms with Gasteiger partial charge in [0.25, 0.3) is 0 Å². The van der Waals surface area contributed by atoms with Crippen LogP contribution in [-0.4, -0.2) is 15.5 Å². The van der Waals surface area contributed by atoms with Crippen molar-refractivity contribution in [2.75, 3.05) is 5.32 Å². The number of anilines is 1. The number of carbonyl (C=O) groups is 1. The smallest absolute Gasteiger partial charge is 0.226 e. The molecular weight excluding hydrogens is 331 g/mol. The molecule has 1 N–H and O–H groups in total. The van der Waals surface area contributed by atoms with Crippen molar-refractivity contribution in [1.29, 1.82) is 0 Å². The molecule has 3 aromatic rings. The standard InChI is InChI=1S/C18H12F3N3O/c19-11-4-1-2-7-14(11)24-9-22-17-10(8-15(25)23-18(17)24)16-12(20)5-3-6-13(16)21/h1-7,9-10H,8H2,(H,23,25)/t10-/m1/s1. The Kier molecular flexibility index (Phi) is 3.56. The van der Waals surface area contributed by atoms with Gasteiger partial charge in [-0.3, -0.25) is 9.36 Å². The predicted molar refractivity (Wildman–Crippen MR) is 85.0 cm³/mol. The molecule has 0 radical (unpaired) electrons.